The molecule has 3 rings (SSSR count). The molecule has 0 radical (unpaired) electrons. The molecule has 0 saturated carbocycles. The van der Waals surface area contributed by atoms with Crippen molar-refractivity contribution in [3.63, 3.8) is 0 Å². The topological polar surface area (TPSA) is 83.6 Å². The average Bonchev–Trinajstić information content (AvgIpc) is 2.73. The van der Waals surface area contributed by atoms with Gasteiger partial charge in [-0.3, -0.25) is 9.69 Å². The van der Waals surface area contributed by atoms with E-state index in [1.54, 1.807) is 47.1 Å². The Balaban J connectivity index is 1.54. The molecule has 0 spiro atoms. The summed E-state index contributed by atoms with van der Waals surface area (Å²) in [6.45, 7) is 4.45. The first-order chi connectivity index (χ1) is 13.7. The number of pyridine rings is 1. The number of rotatable bonds is 7. The third kappa shape index (κ3) is 5.24. The van der Waals surface area contributed by atoms with Crippen molar-refractivity contribution in [3.05, 3.63) is 48.2 Å². The Morgan fingerprint density at radius 2 is 2.07 bits per heavy atom. The van der Waals surface area contributed by atoms with Gasteiger partial charge in [0.2, 0.25) is 0 Å². The molecule has 3 amide bonds. The number of hydrogen-bond donors (Lipinski definition) is 2. The summed E-state index contributed by atoms with van der Waals surface area (Å²) in [5.41, 5.74) is 2.01. The van der Waals surface area contributed by atoms with Crippen LogP contribution in [0.1, 0.15) is 23.7 Å². The molecule has 1 aromatic carbocycles. The van der Waals surface area contributed by atoms with Gasteiger partial charge in [-0.15, -0.1) is 11.8 Å². The summed E-state index contributed by atoms with van der Waals surface area (Å²) < 4.78 is 5.24. The molecule has 0 aliphatic carbocycles. The monoisotopic (exact) mass is 400 g/mol. The summed E-state index contributed by atoms with van der Waals surface area (Å²) in [6.07, 6.45) is 2.51. The Bertz CT molecular complexity index is 813. The fourth-order valence-corrected chi connectivity index (χ4v) is 3.71. The van der Waals surface area contributed by atoms with Crippen molar-refractivity contribution in [3.8, 4) is 0 Å². The molecule has 8 heteroatoms. The van der Waals surface area contributed by atoms with E-state index in [-0.39, 0.29) is 11.9 Å². The minimum Gasteiger partial charge on any atom is -0.382 e. The second kappa shape index (κ2) is 10.1. The van der Waals surface area contributed by atoms with E-state index in [4.69, 9.17) is 4.74 Å². The molecule has 1 aliphatic rings. The van der Waals surface area contributed by atoms with Crippen molar-refractivity contribution in [2.24, 2.45) is 0 Å². The zero-order chi connectivity index (χ0) is 19.8. The number of urea groups is 1. The SMILES string of the molecule is CCOCCCNC(=O)c1ccc(NC(=O)N2CCSc3ncccc32)cc1. The van der Waals surface area contributed by atoms with E-state index in [9.17, 15) is 9.59 Å². The number of fused-ring (bicyclic) bond motifs is 1. The largest absolute Gasteiger partial charge is 0.382 e. The van der Waals surface area contributed by atoms with Crippen molar-refractivity contribution in [1.82, 2.24) is 10.3 Å². The lowest BCUT2D eigenvalue weighted by Gasteiger charge is -2.28. The highest BCUT2D eigenvalue weighted by Gasteiger charge is 2.23. The molecule has 2 aromatic rings. The number of ether oxygens (including phenoxy) is 1. The Morgan fingerprint density at radius 1 is 1.25 bits per heavy atom. The summed E-state index contributed by atoms with van der Waals surface area (Å²) in [5.74, 6) is 0.669. The van der Waals surface area contributed by atoms with Crippen LogP contribution in [0.5, 0.6) is 0 Å². The Labute approximate surface area is 168 Å². The Hall–Kier alpha value is -2.58. The van der Waals surface area contributed by atoms with Crippen molar-refractivity contribution in [1.29, 1.82) is 0 Å². The number of nitrogens with zero attached hydrogens (tertiary/aromatic N) is 2. The fraction of sp³-hybridized carbons (Fsp3) is 0.350. The van der Waals surface area contributed by atoms with Crippen LogP contribution in [0.25, 0.3) is 0 Å². The van der Waals surface area contributed by atoms with Crippen LogP contribution in [0.4, 0.5) is 16.2 Å². The fourth-order valence-electron chi connectivity index (χ4n) is 2.78. The lowest BCUT2D eigenvalue weighted by molar-refractivity contribution is 0.0944. The first-order valence-electron chi connectivity index (χ1n) is 9.31. The zero-order valence-electron chi connectivity index (χ0n) is 15.8. The lowest BCUT2D eigenvalue weighted by atomic mass is 10.2. The molecule has 28 heavy (non-hydrogen) atoms. The van der Waals surface area contributed by atoms with E-state index in [0.717, 1.165) is 22.9 Å². The van der Waals surface area contributed by atoms with E-state index in [1.807, 2.05) is 19.1 Å². The quantitative estimate of drug-likeness (QED) is 0.696. The number of hydrogen-bond acceptors (Lipinski definition) is 5. The van der Waals surface area contributed by atoms with Crippen molar-refractivity contribution in [2.75, 3.05) is 42.3 Å². The van der Waals surface area contributed by atoms with E-state index < -0.39 is 0 Å². The van der Waals surface area contributed by atoms with Gasteiger partial charge >= 0.3 is 6.03 Å². The van der Waals surface area contributed by atoms with Crippen LogP contribution in [-0.2, 0) is 4.74 Å². The van der Waals surface area contributed by atoms with Gasteiger partial charge in [0.25, 0.3) is 5.91 Å². The third-order valence-electron chi connectivity index (χ3n) is 4.19. The molecule has 2 heterocycles. The number of benzene rings is 1. The van der Waals surface area contributed by atoms with Crippen molar-refractivity contribution in [2.45, 2.75) is 18.4 Å². The lowest BCUT2D eigenvalue weighted by Crippen LogP contribution is -2.38. The average molecular weight is 401 g/mol. The van der Waals surface area contributed by atoms with Gasteiger partial charge in [0.1, 0.15) is 5.03 Å². The summed E-state index contributed by atoms with van der Waals surface area (Å²) in [4.78, 5) is 30.8. The third-order valence-corrected chi connectivity index (χ3v) is 5.17. The maximum Gasteiger partial charge on any atom is 0.326 e. The highest BCUT2D eigenvalue weighted by Crippen LogP contribution is 2.32. The van der Waals surface area contributed by atoms with Crippen LogP contribution in [0.2, 0.25) is 0 Å². The van der Waals surface area contributed by atoms with Crippen LogP contribution in [0.15, 0.2) is 47.6 Å². The van der Waals surface area contributed by atoms with Crippen LogP contribution >= 0.6 is 11.8 Å². The highest BCUT2D eigenvalue weighted by molar-refractivity contribution is 7.99. The molecule has 0 atom stereocenters. The van der Waals surface area contributed by atoms with E-state index >= 15 is 0 Å². The van der Waals surface area contributed by atoms with E-state index in [1.165, 1.54) is 0 Å². The van der Waals surface area contributed by atoms with Gasteiger partial charge in [-0.05, 0) is 49.7 Å². The Kier molecular flexibility index (Phi) is 7.27. The number of amides is 3. The second-order valence-electron chi connectivity index (χ2n) is 6.14. The molecular weight excluding hydrogens is 376 g/mol. The number of carbonyl (C=O) groups excluding carboxylic acids is 2. The number of anilines is 2. The number of nitrogens with one attached hydrogen (secondary N) is 2. The highest BCUT2D eigenvalue weighted by atomic mass is 32.2. The standard InChI is InChI=1S/C20H24N4O3S/c1-2-27-13-4-11-21-18(25)15-6-8-16(9-7-15)23-20(26)24-12-14-28-19-17(24)5-3-10-22-19/h3,5-10H,2,4,11-14H2,1H3,(H,21,25)(H,23,26). The van der Waals surface area contributed by atoms with Crippen molar-refractivity contribution >= 4 is 35.1 Å². The molecule has 2 N–H and O–H groups in total. The maximum atomic E-state index is 12.7. The van der Waals surface area contributed by atoms with Gasteiger partial charge in [-0.1, -0.05) is 0 Å². The van der Waals surface area contributed by atoms with Gasteiger partial charge in [0, 0.05) is 49.5 Å². The van der Waals surface area contributed by atoms with Crippen LogP contribution in [-0.4, -0.2) is 49.0 Å². The zero-order valence-corrected chi connectivity index (χ0v) is 16.6. The summed E-state index contributed by atoms with van der Waals surface area (Å²) in [5, 5.41) is 6.61. The van der Waals surface area contributed by atoms with Crippen LogP contribution in [0, 0.1) is 0 Å². The predicted molar refractivity (Wildman–Crippen MR) is 111 cm³/mol. The minimum absolute atomic E-state index is 0.137. The molecule has 1 aliphatic heterocycles. The van der Waals surface area contributed by atoms with E-state index in [0.29, 0.717) is 37.6 Å². The maximum absolute atomic E-state index is 12.7. The summed E-state index contributed by atoms with van der Waals surface area (Å²) in [7, 11) is 0. The molecule has 1 aromatic heterocycles. The summed E-state index contributed by atoms with van der Waals surface area (Å²) in [6, 6.07) is 10.4. The van der Waals surface area contributed by atoms with Gasteiger partial charge < -0.3 is 15.4 Å². The minimum atomic E-state index is -0.206. The molecule has 0 fully saturated rings. The van der Waals surface area contributed by atoms with Crippen LogP contribution < -0.4 is 15.5 Å². The molecular formula is C20H24N4O3S. The Morgan fingerprint density at radius 3 is 2.86 bits per heavy atom. The number of carbonyl (C=O) groups is 2. The predicted octanol–water partition coefficient (Wildman–Crippen LogP) is 3.38. The molecule has 0 bridgehead atoms. The second-order valence-corrected chi connectivity index (χ2v) is 7.23. The van der Waals surface area contributed by atoms with Gasteiger partial charge in [-0.2, -0.15) is 0 Å². The van der Waals surface area contributed by atoms with Crippen molar-refractivity contribution < 1.29 is 14.3 Å². The molecule has 0 unspecified atom stereocenters. The van der Waals surface area contributed by atoms with Crippen LogP contribution in [0.3, 0.4) is 0 Å². The first-order valence-corrected chi connectivity index (χ1v) is 10.3. The smallest absolute Gasteiger partial charge is 0.326 e. The summed E-state index contributed by atoms with van der Waals surface area (Å²) >= 11 is 1.65. The molecule has 7 nitrogen and oxygen atoms in total. The number of aromatic nitrogens is 1. The first kappa shape index (κ1) is 20.2. The van der Waals surface area contributed by atoms with Gasteiger partial charge in [-0.25, -0.2) is 9.78 Å². The van der Waals surface area contributed by atoms with Gasteiger partial charge in [0.05, 0.1) is 5.69 Å². The number of thioether (sulfide) groups is 1. The normalized spacial score (nSPS) is 13.0. The van der Waals surface area contributed by atoms with Gasteiger partial charge in [0.15, 0.2) is 0 Å². The van der Waals surface area contributed by atoms with E-state index in [2.05, 4.69) is 15.6 Å². The molecule has 148 valence electrons. The molecule has 0 saturated heterocycles.